The van der Waals surface area contributed by atoms with Crippen molar-refractivity contribution in [2.75, 3.05) is 6.61 Å². The molecular formula is C13H14O5. The molecular weight excluding hydrogens is 236 g/mol. The molecule has 0 aliphatic carbocycles. The van der Waals surface area contributed by atoms with Crippen LogP contribution in [0.4, 0.5) is 0 Å². The van der Waals surface area contributed by atoms with Crippen LogP contribution in [0.15, 0.2) is 18.2 Å². The van der Waals surface area contributed by atoms with Crippen LogP contribution in [0, 0.1) is 0 Å². The van der Waals surface area contributed by atoms with E-state index in [-0.39, 0.29) is 12.2 Å². The van der Waals surface area contributed by atoms with Crippen molar-refractivity contribution < 1.29 is 23.8 Å². The Balaban J connectivity index is 2.24. The summed E-state index contributed by atoms with van der Waals surface area (Å²) in [6, 6.07) is 4.61. The van der Waals surface area contributed by atoms with Crippen LogP contribution in [0.2, 0.25) is 0 Å². The van der Waals surface area contributed by atoms with Crippen LogP contribution in [0.5, 0.6) is 11.5 Å². The molecule has 0 amide bonds. The van der Waals surface area contributed by atoms with Crippen molar-refractivity contribution in [2.45, 2.75) is 26.6 Å². The first-order chi connectivity index (χ1) is 8.43. The lowest BCUT2D eigenvalue weighted by Gasteiger charge is -2.16. The van der Waals surface area contributed by atoms with E-state index in [9.17, 15) is 9.59 Å². The van der Waals surface area contributed by atoms with Gasteiger partial charge >= 0.3 is 5.97 Å². The van der Waals surface area contributed by atoms with Gasteiger partial charge in [0.1, 0.15) is 0 Å². The molecule has 0 atom stereocenters. The lowest BCUT2D eigenvalue weighted by Crippen LogP contribution is -2.29. The molecule has 0 N–H and O–H groups in total. The second-order valence-corrected chi connectivity index (χ2v) is 4.32. The molecule has 1 aromatic carbocycles. The Morgan fingerprint density at radius 1 is 1.22 bits per heavy atom. The summed E-state index contributed by atoms with van der Waals surface area (Å²) in [5.74, 6) is -1.30. The molecule has 0 radical (unpaired) electrons. The Hall–Kier alpha value is -2.04. The van der Waals surface area contributed by atoms with Crippen molar-refractivity contribution in [3.05, 3.63) is 23.8 Å². The molecule has 0 bridgehead atoms. The molecule has 0 unspecified atom stereocenters. The van der Waals surface area contributed by atoms with E-state index in [1.807, 2.05) is 0 Å². The van der Waals surface area contributed by atoms with Crippen LogP contribution >= 0.6 is 0 Å². The molecule has 0 aromatic heterocycles. The van der Waals surface area contributed by atoms with Gasteiger partial charge in [0, 0.05) is 19.4 Å². The number of hydrogen-bond acceptors (Lipinski definition) is 5. The van der Waals surface area contributed by atoms with Gasteiger partial charge in [0.25, 0.3) is 5.78 Å². The van der Waals surface area contributed by atoms with E-state index >= 15 is 0 Å². The first-order valence-electron chi connectivity index (χ1n) is 5.66. The number of ketones is 1. The lowest BCUT2D eigenvalue weighted by molar-refractivity contribution is -0.137. The predicted octanol–water partition coefficient (Wildman–Crippen LogP) is 1.94. The number of carbonyl (C=O) groups is 2. The number of Topliss-reactive ketones (excluding diaryl/α,β-unsaturated/α-hetero) is 1. The van der Waals surface area contributed by atoms with E-state index in [0.717, 1.165) is 0 Å². The van der Waals surface area contributed by atoms with Crippen LogP contribution in [0.1, 0.15) is 31.1 Å². The largest absolute Gasteiger partial charge is 0.460 e. The zero-order valence-corrected chi connectivity index (χ0v) is 10.5. The summed E-state index contributed by atoms with van der Waals surface area (Å²) in [7, 11) is 0. The minimum Gasteiger partial charge on any atom is -0.460 e. The molecule has 2 rings (SSSR count). The second kappa shape index (κ2) is 4.33. The summed E-state index contributed by atoms with van der Waals surface area (Å²) in [5, 5.41) is 0. The summed E-state index contributed by atoms with van der Waals surface area (Å²) < 4.78 is 15.6. The molecule has 0 saturated heterocycles. The van der Waals surface area contributed by atoms with Crippen LogP contribution < -0.4 is 9.47 Å². The number of hydrogen-bond donors (Lipinski definition) is 0. The van der Waals surface area contributed by atoms with Crippen molar-refractivity contribution in [3.63, 3.8) is 0 Å². The summed E-state index contributed by atoms with van der Waals surface area (Å²) in [4.78, 5) is 23.1. The maximum atomic E-state index is 11.7. The van der Waals surface area contributed by atoms with Crippen molar-refractivity contribution in [2.24, 2.45) is 0 Å². The zero-order chi connectivity index (χ0) is 13.3. The zero-order valence-electron chi connectivity index (χ0n) is 10.5. The van der Waals surface area contributed by atoms with Gasteiger partial charge in [0.2, 0.25) is 5.79 Å². The molecule has 0 spiro atoms. The average Bonchev–Trinajstić information content (AvgIpc) is 2.60. The van der Waals surface area contributed by atoms with Crippen LogP contribution in [0.3, 0.4) is 0 Å². The fourth-order valence-corrected chi connectivity index (χ4v) is 1.68. The summed E-state index contributed by atoms with van der Waals surface area (Å²) in [5.41, 5.74) is 0.230. The number of benzene rings is 1. The van der Waals surface area contributed by atoms with Gasteiger partial charge in [0.05, 0.1) is 6.61 Å². The summed E-state index contributed by atoms with van der Waals surface area (Å²) in [6.07, 6.45) is 0. The predicted molar refractivity (Wildman–Crippen MR) is 62.7 cm³/mol. The van der Waals surface area contributed by atoms with Gasteiger partial charge < -0.3 is 14.2 Å². The van der Waals surface area contributed by atoms with E-state index in [4.69, 9.17) is 9.47 Å². The highest BCUT2D eigenvalue weighted by Crippen LogP contribution is 2.39. The molecule has 0 fully saturated rings. The monoisotopic (exact) mass is 250 g/mol. The third-order valence-electron chi connectivity index (χ3n) is 2.38. The average molecular weight is 250 g/mol. The van der Waals surface area contributed by atoms with Gasteiger partial charge in [-0.3, -0.25) is 4.79 Å². The van der Waals surface area contributed by atoms with Crippen LogP contribution in [0.25, 0.3) is 0 Å². The van der Waals surface area contributed by atoms with Gasteiger partial charge in [-0.15, -0.1) is 0 Å². The van der Waals surface area contributed by atoms with Gasteiger partial charge in [-0.05, 0) is 25.1 Å². The van der Waals surface area contributed by atoms with Gasteiger partial charge in [-0.25, -0.2) is 4.79 Å². The quantitative estimate of drug-likeness (QED) is 0.466. The molecule has 1 aliphatic heterocycles. The van der Waals surface area contributed by atoms with Crippen molar-refractivity contribution in [3.8, 4) is 11.5 Å². The van der Waals surface area contributed by atoms with Crippen molar-refractivity contribution in [1.29, 1.82) is 0 Å². The molecule has 5 heteroatoms. The molecule has 1 aromatic rings. The minimum absolute atomic E-state index is 0.169. The van der Waals surface area contributed by atoms with Gasteiger partial charge in [-0.1, -0.05) is 0 Å². The number of esters is 1. The summed E-state index contributed by atoms with van der Waals surface area (Å²) in [6.45, 7) is 5.34. The molecule has 18 heavy (non-hydrogen) atoms. The van der Waals surface area contributed by atoms with E-state index in [1.54, 1.807) is 26.8 Å². The Morgan fingerprint density at radius 3 is 2.56 bits per heavy atom. The van der Waals surface area contributed by atoms with E-state index in [0.29, 0.717) is 11.5 Å². The fraction of sp³-hybridized carbons (Fsp3) is 0.385. The molecule has 1 aliphatic rings. The number of fused-ring (bicyclic) bond motifs is 1. The van der Waals surface area contributed by atoms with E-state index in [1.165, 1.54) is 12.1 Å². The second-order valence-electron chi connectivity index (χ2n) is 4.32. The number of rotatable bonds is 3. The molecule has 0 saturated carbocycles. The van der Waals surface area contributed by atoms with Crippen molar-refractivity contribution >= 4 is 11.8 Å². The van der Waals surface area contributed by atoms with Gasteiger partial charge in [-0.2, -0.15) is 0 Å². The first kappa shape index (κ1) is 12.4. The van der Waals surface area contributed by atoms with Gasteiger partial charge in [0.15, 0.2) is 11.5 Å². The third-order valence-corrected chi connectivity index (χ3v) is 2.38. The van der Waals surface area contributed by atoms with Crippen molar-refractivity contribution in [1.82, 2.24) is 0 Å². The fourth-order valence-electron chi connectivity index (χ4n) is 1.68. The Kier molecular flexibility index (Phi) is 2.98. The highest BCUT2D eigenvalue weighted by molar-refractivity contribution is 6.40. The minimum atomic E-state index is -0.865. The molecule has 1 heterocycles. The van der Waals surface area contributed by atoms with E-state index < -0.39 is 17.5 Å². The Morgan fingerprint density at radius 2 is 1.89 bits per heavy atom. The maximum Gasteiger partial charge on any atom is 0.379 e. The van der Waals surface area contributed by atoms with E-state index in [2.05, 4.69) is 4.74 Å². The van der Waals surface area contributed by atoms with Crippen LogP contribution in [-0.2, 0) is 9.53 Å². The molecule has 5 nitrogen and oxygen atoms in total. The third kappa shape index (κ3) is 2.30. The highest BCUT2D eigenvalue weighted by Gasteiger charge is 2.32. The van der Waals surface area contributed by atoms with Crippen LogP contribution in [-0.4, -0.2) is 24.1 Å². The topological polar surface area (TPSA) is 61.8 Å². The smallest absolute Gasteiger partial charge is 0.379 e. The highest BCUT2D eigenvalue weighted by atomic mass is 16.7. The summed E-state index contributed by atoms with van der Waals surface area (Å²) >= 11 is 0. The number of carbonyl (C=O) groups excluding carboxylic acids is 2. The maximum absolute atomic E-state index is 11.7. The Labute approximate surface area is 105 Å². The first-order valence-corrected chi connectivity index (χ1v) is 5.66. The normalized spacial score (nSPS) is 15.3. The number of ether oxygens (including phenoxy) is 3. The lowest BCUT2D eigenvalue weighted by atomic mass is 10.1. The SMILES string of the molecule is CCOC(=O)C(=O)c1ccc2c(c1)OC(C)(C)O2. The molecule has 96 valence electrons. The Bertz CT molecular complexity index is 504. The standard InChI is InChI=1S/C13H14O5/c1-4-16-12(15)11(14)8-5-6-9-10(7-8)18-13(2,3)17-9/h5-7H,4H2,1-3H3.